The molecule has 0 N–H and O–H groups in total. The van der Waals surface area contributed by atoms with Gasteiger partial charge in [-0.15, -0.1) is 11.3 Å². The molecule has 3 aromatic rings. The van der Waals surface area contributed by atoms with Gasteiger partial charge in [0.05, 0.1) is 4.88 Å². The number of aldehydes is 2. The van der Waals surface area contributed by atoms with E-state index in [0.717, 1.165) is 64.7 Å². The van der Waals surface area contributed by atoms with Crippen molar-refractivity contribution in [2.75, 3.05) is 0 Å². The molecule has 2 nitrogen and oxygen atoms in total. The smallest absolute Gasteiger partial charge is 0.160 e. The van der Waals surface area contributed by atoms with E-state index < -0.39 is 0 Å². The standard InChI is InChI=1S/C26H28O2S/c1-5-17-11-21(12-18(6-2)24(17)16-28)22-13-19(7-3)26(20(8-4)14-22)25-10-9-23(15-27)29-25/h9-16H,5-8H2,1-4H3. The first-order valence-electron chi connectivity index (χ1n) is 10.4. The number of hydrogen-bond acceptors (Lipinski definition) is 3. The van der Waals surface area contributed by atoms with Gasteiger partial charge in [0.1, 0.15) is 0 Å². The van der Waals surface area contributed by atoms with Crippen LogP contribution < -0.4 is 0 Å². The van der Waals surface area contributed by atoms with Crippen molar-refractivity contribution in [1.29, 1.82) is 0 Å². The maximum atomic E-state index is 11.6. The fourth-order valence-corrected chi connectivity index (χ4v) is 4.98. The third kappa shape index (κ3) is 4.11. The maximum absolute atomic E-state index is 11.6. The number of rotatable bonds is 8. The highest BCUT2D eigenvalue weighted by molar-refractivity contribution is 7.17. The molecule has 29 heavy (non-hydrogen) atoms. The van der Waals surface area contributed by atoms with Gasteiger partial charge in [-0.25, -0.2) is 0 Å². The van der Waals surface area contributed by atoms with Crippen LogP contribution in [0.3, 0.4) is 0 Å². The van der Waals surface area contributed by atoms with Crippen LogP contribution in [0.4, 0.5) is 0 Å². The molecule has 2 aromatic carbocycles. The average Bonchev–Trinajstić information content (AvgIpc) is 3.25. The Morgan fingerprint density at radius 2 is 1.17 bits per heavy atom. The Balaban J connectivity index is 2.22. The molecule has 0 saturated heterocycles. The fraction of sp³-hybridized carbons (Fsp3) is 0.308. The number of aryl methyl sites for hydroxylation is 4. The van der Waals surface area contributed by atoms with E-state index >= 15 is 0 Å². The summed E-state index contributed by atoms with van der Waals surface area (Å²) < 4.78 is 0. The first-order valence-corrected chi connectivity index (χ1v) is 11.2. The van der Waals surface area contributed by atoms with Crippen molar-refractivity contribution in [3.63, 3.8) is 0 Å². The van der Waals surface area contributed by atoms with Gasteiger partial charge in [0.15, 0.2) is 12.6 Å². The quantitative estimate of drug-likeness (QED) is 0.380. The molecule has 0 aliphatic heterocycles. The van der Waals surface area contributed by atoms with Crippen molar-refractivity contribution >= 4 is 23.9 Å². The molecule has 1 heterocycles. The van der Waals surface area contributed by atoms with Crippen LogP contribution in [0.5, 0.6) is 0 Å². The SMILES string of the molecule is CCc1cc(-c2cc(CC)c(-c3ccc(C=O)s3)c(CC)c2)cc(CC)c1C=O. The van der Waals surface area contributed by atoms with E-state index in [1.165, 1.54) is 27.8 Å². The van der Waals surface area contributed by atoms with Gasteiger partial charge < -0.3 is 0 Å². The Morgan fingerprint density at radius 1 is 0.690 bits per heavy atom. The lowest BCUT2D eigenvalue weighted by Crippen LogP contribution is -2.00. The van der Waals surface area contributed by atoms with Crippen LogP contribution in [0, 0.1) is 0 Å². The van der Waals surface area contributed by atoms with E-state index in [1.807, 2.05) is 6.07 Å². The molecule has 150 valence electrons. The largest absolute Gasteiger partial charge is 0.298 e. The van der Waals surface area contributed by atoms with Crippen molar-refractivity contribution in [2.45, 2.75) is 53.4 Å². The van der Waals surface area contributed by atoms with Gasteiger partial charge in [0.25, 0.3) is 0 Å². The monoisotopic (exact) mass is 404 g/mol. The van der Waals surface area contributed by atoms with Crippen LogP contribution in [-0.2, 0) is 25.7 Å². The minimum absolute atomic E-state index is 0.762. The zero-order chi connectivity index (χ0) is 21.0. The van der Waals surface area contributed by atoms with Crippen LogP contribution >= 0.6 is 11.3 Å². The molecule has 0 spiro atoms. The van der Waals surface area contributed by atoms with Gasteiger partial charge in [-0.3, -0.25) is 9.59 Å². The summed E-state index contributed by atoms with van der Waals surface area (Å²) in [6, 6.07) is 12.9. The topological polar surface area (TPSA) is 34.1 Å². The molecule has 0 unspecified atom stereocenters. The first kappa shape index (κ1) is 21.2. The van der Waals surface area contributed by atoms with Crippen molar-refractivity contribution < 1.29 is 9.59 Å². The van der Waals surface area contributed by atoms with E-state index in [1.54, 1.807) is 11.3 Å². The van der Waals surface area contributed by atoms with Crippen LogP contribution in [0.2, 0.25) is 0 Å². The van der Waals surface area contributed by atoms with Gasteiger partial charge >= 0.3 is 0 Å². The first-order chi connectivity index (χ1) is 14.1. The van der Waals surface area contributed by atoms with E-state index in [4.69, 9.17) is 0 Å². The fourth-order valence-electron chi connectivity index (χ4n) is 4.04. The van der Waals surface area contributed by atoms with Crippen molar-refractivity contribution in [3.8, 4) is 21.6 Å². The molecule has 1 aromatic heterocycles. The molecule has 0 saturated carbocycles. The number of carbonyl (C=O) groups is 2. The zero-order valence-electron chi connectivity index (χ0n) is 17.7. The van der Waals surface area contributed by atoms with Crippen LogP contribution in [0.1, 0.15) is 70.0 Å². The highest BCUT2D eigenvalue weighted by Gasteiger charge is 2.16. The molecule has 3 heteroatoms. The third-order valence-corrected chi connectivity index (χ3v) is 6.65. The Bertz CT molecular complexity index is 993. The summed E-state index contributed by atoms with van der Waals surface area (Å²) in [4.78, 5) is 24.7. The van der Waals surface area contributed by atoms with Gasteiger partial charge in [-0.05, 0) is 76.8 Å². The summed E-state index contributed by atoms with van der Waals surface area (Å²) in [5.74, 6) is 0. The molecule has 3 rings (SSSR count). The second-order valence-electron chi connectivity index (χ2n) is 7.23. The normalized spacial score (nSPS) is 10.9. The number of carbonyl (C=O) groups excluding carboxylic acids is 2. The second kappa shape index (κ2) is 9.32. The lowest BCUT2D eigenvalue weighted by molar-refractivity contribution is 0.111. The Labute approximate surface area is 177 Å². The van der Waals surface area contributed by atoms with E-state index in [9.17, 15) is 9.59 Å². The summed E-state index contributed by atoms with van der Waals surface area (Å²) in [7, 11) is 0. The van der Waals surface area contributed by atoms with E-state index in [-0.39, 0.29) is 0 Å². The van der Waals surface area contributed by atoms with Gasteiger partial charge in [-0.2, -0.15) is 0 Å². The summed E-state index contributed by atoms with van der Waals surface area (Å²) in [6.07, 6.45) is 5.47. The maximum Gasteiger partial charge on any atom is 0.160 e. The Kier molecular flexibility index (Phi) is 6.81. The van der Waals surface area contributed by atoms with Crippen LogP contribution in [0.15, 0.2) is 36.4 Å². The summed E-state index contributed by atoms with van der Waals surface area (Å²) >= 11 is 1.56. The van der Waals surface area contributed by atoms with Crippen molar-refractivity contribution in [1.82, 2.24) is 0 Å². The summed E-state index contributed by atoms with van der Waals surface area (Å²) in [5, 5.41) is 0. The molecule has 0 atom stereocenters. The summed E-state index contributed by atoms with van der Waals surface area (Å²) in [6.45, 7) is 8.57. The van der Waals surface area contributed by atoms with E-state index in [2.05, 4.69) is 58.0 Å². The Hall–Kier alpha value is -2.52. The van der Waals surface area contributed by atoms with Crippen LogP contribution in [-0.4, -0.2) is 12.6 Å². The minimum atomic E-state index is 0.762. The average molecular weight is 405 g/mol. The highest BCUT2D eigenvalue weighted by Crippen LogP contribution is 2.37. The van der Waals surface area contributed by atoms with Gasteiger partial charge in [-0.1, -0.05) is 52.0 Å². The zero-order valence-corrected chi connectivity index (χ0v) is 18.5. The Morgan fingerprint density at radius 3 is 1.55 bits per heavy atom. The molecule has 0 fully saturated rings. The lowest BCUT2D eigenvalue weighted by atomic mass is 9.88. The van der Waals surface area contributed by atoms with Gasteiger partial charge in [0.2, 0.25) is 0 Å². The van der Waals surface area contributed by atoms with Crippen LogP contribution in [0.25, 0.3) is 21.6 Å². The molecular weight excluding hydrogens is 376 g/mol. The number of benzene rings is 2. The molecule has 0 aliphatic carbocycles. The molecular formula is C26H28O2S. The molecule has 0 amide bonds. The molecule has 0 aliphatic rings. The lowest BCUT2D eigenvalue weighted by Gasteiger charge is -2.17. The number of hydrogen-bond donors (Lipinski definition) is 0. The van der Waals surface area contributed by atoms with Crippen molar-refractivity contribution in [2.24, 2.45) is 0 Å². The minimum Gasteiger partial charge on any atom is -0.298 e. The third-order valence-electron chi connectivity index (χ3n) is 5.62. The predicted molar refractivity (Wildman–Crippen MR) is 123 cm³/mol. The number of thiophene rings is 1. The summed E-state index contributed by atoms with van der Waals surface area (Å²) in [5.41, 5.74) is 9.33. The van der Waals surface area contributed by atoms with Gasteiger partial charge in [0, 0.05) is 10.4 Å². The second-order valence-corrected chi connectivity index (χ2v) is 8.34. The van der Waals surface area contributed by atoms with Crippen molar-refractivity contribution in [3.05, 3.63) is 69.1 Å². The van der Waals surface area contributed by atoms with E-state index in [0.29, 0.717) is 0 Å². The predicted octanol–water partition coefficient (Wildman–Crippen LogP) is 6.96. The highest BCUT2D eigenvalue weighted by atomic mass is 32.1. The molecule has 0 radical (unpaired) electrons. The molecule has 0 bridgehead atoms.